The summed E-state index contributed by atoms with van der Waals surface area (Å²) < 4.78 is 0. The SMILES string of the molecule is CC(C)CC(N)C(=O)NC(C(N)=O)c1ccc(O)cc1.[Cl-].[Na+]. The number of hydrogen-bond donors (Lipinski definition) is 4. The smallest absolute Gasteiger partial charge is 1.00 e. The first-order valence-corrected chi connectivity index (χ1v) is 6.45. The second-order valence-corrected chi connectivity index (χ2v) is 5.17. The van der Waals surface area contributed by atoms with Crippen molar-refractivity contribution < 1.29 is 56.7 Å². The largest absolute Gasteiger partial charge is 1.00 e. The molecule has 6 nitrogen and oxygen atoms in total. The summed E-state index contributed by atoms with van der Waals surface area (Å²) in [6, 6.07) is 4.25. The summed E-state index contributed by atoms with van der Waals surface area (Å²) in [5.41, 5.74) is 11.6. The Bertz CT molecular complexity index is 483. The number of carbonyl (C=O) groups excluding carboxylic acids is 2. The number of phenols is 1. The van der Waals surface area contributed by atoms with Crippen LogP contribution in [0.4, 0.5) is 0 Å². The second-order valence-electron chi connectivity index (χ2n) is 5.17. The Morgan fingerprint density at radius 1 is 1.23 bits per heavy atom. The maximum Gasteiger partial charge on any atom is 1.00 e. The Morgan fingerprint density at radius 2 is 1.73 bits per heavy atom. The summed E-state index contributed by atoms with van der Waals surface area (Å²) in [5, 5.41) is 11.8. The van der Waals surface area contributed by atoms with Crippen LogP contribution in [0.1, 0.15) is 31.9 Å². The Hall–Kier alpha value is -0.790. The predicted molar refractivity (Wildman–Crippen MR) is 75.6 cm³/mol. The average Bonchev–Trinajstić information content (AvgIpc) is 2.35. The molecule has 0 spiro atoms. The van der Waals surface area contributed by atoms with E-state index < -0.39 is 23.9 Å². The predicted octanol–water partition coefficient (Wildman–Crippen LogP) is -5.58. The molecule has 0 bridgehead atoms. The standard InChI is InChI=1S/C14H21N3O3.ClH.Na/c1-8(2)7-11(15)14(20)17-12(13(16)19)9-3-5-10(18)6-4-9;;/h3-6,8,11-12,18H,7,15H2,1-2H3,(H2,16,19)(H,17,20);1H;/q;;+1/p-1. The molecule has 2 unspecified atom stereocenters. The molecular formula is C14H21ClN3NaO3. The summed E-state index contributed by atoms with van der Waals surface area (Å²) in [6.07, 6.45) is 0.521. The van der Waals surface area contributed by atoms with Gasteiger partial charge in [-0.05, 0) is 30.0 Å². The Kier molecular flexibility index (Phi) is 11.6. The van der Waals surface area contributed by atoms with E-state index in [2.05, 4.69) is 5.32 Å². The molecule has 22 heavy (non-hydrogen) atoms. The van der Waals surface area contributed by atoms with Crippen molar-refractivity contribution in [2.45, 2.75) is 32.4 Å². The number of benzene rings is 1. The van der Waals surface area contributed by atoms with E-state index >= 15 is 0 Å². The molecule has 0 heterocycles. The molecule has 6 N–H and O–H groups in total. The van der Waals surface area contributed by atoms with Crippen molar-refractivity contribution in [3.63, 3.8) is 0 Å². The number of nitrogens with two attached hydrogens (primary N) is 2. The van der Waals surface area contributed by atoms with Crippen LogP contribution in [-0.4, -0.2) is 23.0 Å². The molecular weight excluding hydrogens is 317 g/mol. The maximum absolute atomic E-state index is 11.9. The van der Waals surface area contributed by atoms with Crippen LogP contribution in [0.5, 0.6) is 5.75 Å². The topological polar surface area (TPSA) is 118 Å². The zero-order chi connectivity index (χ0) is 15.3. The summed E-state index contributed by atoms with van der Waals surface area (Å²) in [7, 11) is 0. The summed E-state index contributed by atoms with van der Waals surface area (Å²) in [4.78, 5) is 23.4. The van der Waals surface area contributed by atoms with Gasteiger partial charge >= 0.3 is 29.6 Å². The molecule has 0 saturated carbocycles. The van der Waals surface area contributed by atoms with Crippen LogP contribution >= 0.6 is 0 Å². The molecule has 2 amide bonds. The number of phenolic OH excluding ortho intramolecular Hbond substituents is 1. The van der Waals surface area contributed by atoms with Crippen LogP contribution in [0.25, 0.3) is 0 Å². The van der Waals surface area contributed by atoms with Gasteiger partial charge in [0.25, 0.3) is 0 Å². The van der Waals surface area contributed by atoms with E-state index in [0.29, 0.717) is 12.0 Å². The number of hydrogen-bond acceptors (Lipinski definition) is 4. The van der Waals surface area contributed by atoms with E-state index in [0.717, 1.165) is 0 Å². The van der Waals surface area contributed by atoms with Gasteiger partial charge in [-0.1, -0.05) is 26.0 Å². The molecule has 1 aromatic rings. The van der Waals surface area contributed by atoms with E-state index in [1.54, 1.807) is 0 Å². The maximum atomic E-state index is 11.9. The van der Waals surface area contributed by atoms with Gasteiger partial charge < -0.3 is 34.3 Å². The van der Waals surface area contributed by atoms with Crippen LogP contribution in [0, 0.1) is 5.92 Å². The Balaban J connectivity index is 0. The van der Waals surface area contributed by atoms with Gasteiger partial charge in [0.2, 0.25) is 11.8 Å². The van der Waals surface area contributed by atoms with Gasteiger partial charge in [-0.3, -0.25) is 9.59 Å². The molecule has 8 heteroatoms. The van der Waals surface area contributed by atoms with Gasteiger partial charge in [0, 0.05) is 0 Å². The number of nitrogens with one attached hydrogen (secondary N) is 1. The minimum absolute atomic E-state index is 0. The fourth-order valence-corrected chi connectivity index (χ4v) is 1.85. The summed E-state index contributed by atoms with van der Waals surface area (Å²) >= 11 is 0. The fourth-order valence-electron chi connectivity index (χ4n) is 1.85. The minimum Gasteiger partial charge on any atom is -1.00 e. The van der Waals surface area contributed by atoms with Crippen molar-refractivity contribution >= 4 is 11.8 Å². The first kappa shape index (κ1) is 23.5. The Labute approximate surface area is 158 Å². The molecule has 2 atom stereocenters. The normalized spacial score (nSPS) is 12.5. The number of amides is 2. The third-order valence-corrected chi connectivity index (χ3v) is 2.86. The summed E-state index contributed by atoms with van der Waals surface area (Å²) in [6.45, 7) is 3.91. The van der Waals surface area contributed by atoms with Crippen LogP contribution in [0.3, 0.4) is 0 Å². The second kappa shape index (κ2) is 10.9. The number of primary amides is 1. The summed E-state index contributed by atoms with van der Waals surface area (Å²) in [5.74, 6) is -0.757. The molecule has 1 aromatic carbocycles. The van der Waals surface area contributed by atoms with Gasteiger partial charge in [-0.25, -0.2) is 0 Å². The van der Waals surface area contributed by atoms with Gasteiger partial charge in [-0.2, -0.15) is 0 Å². The third-order valence-electron chi connectivity index (χ3n) is 2.86. The van der Waals surface area contributed by atoms with Crippen molar-refractivity contribution in [1.82, 2.24) is 5.32 Å². The van der Waals surface area contributed by atoms with E-state index in [9.17, 15) is 14.7 Å². The zero-order valence-corrected chi connectivity index (χ0v) is 15.8. The van der Waals surface area contributed by atoms with Gasteiger partial charge in [0.1, 0.15) is 11.8 Å². The van der Waals surface area contributed by atoms with Gasteiger partial charge in [0.05, 0.1) is 6.04 Å². The molecule has 0 saturated heterocycles. The number of carbonyl (C=O) groups is 2. The van der Waals surface area contributed by atoms with Gasteiger partial charge in [0.15, 0.2) is 0 Å². The molecule has 0 aromatic heterocycles. The van der Waals surface area contributed by atoms with Crippen LogP contribution < -0.4 is 58.7 Å². The molecule has 0 radical (unpaired) electrons. The van der Waals surface area contributed by atoms with E-state index in [1.807, 2.05) is 13.8 Å². The van der Waals surface area contributed by atoms with Crippen molar-refractivity contribution in [2.24, 2.45) is 17.4 Å². The number of aromatic hydroxyl groups is 1. The van der Waals surface area contributed by atoms with Crippen LogP contribution in [0.2, 0.25) is 0 Å². The molecule has 118 valence electrons. The molecule has 0 aliphatic carbocycles. The van der Waals surface area contributed by atoms with Crippen LogP contribution in [-0.2, 0) is 9.59 Å². The molecule has 0 aliphatic rings. The molecule has 0 aliphatic heterocycles. The first-order chi connectivity index (χ1) is 9.31. The van der Waals surface area contributed by atoms with Crippen molar-refractivity contribution in [1.29, 1.82) is 0 Å². The quantitative estimate of drug-likeness (QED) is 0.387. The molecule has 1 rings (SSSR count). The molecule has 0 fully saturated rings. The Morgan fingerprint density at radius 3 is 2.14 bits per heavy atom. The zero-order valence-electron chi connectivity index (χ0n) is 13.0. The average molecular weight is 338 g/mol. The van der Waals surface area contributed by atoms with Crippen LogP contribution in [0.15, 0.2) is 24.3 Å². The number of rotatable bonds is 6. The van der Waals surface area contributed by atoms with Crippen molar-refractivity contribution in [3.8, 4) is 5.75 Å². The third kappa shape index (κ3) is 7.47. The van der Waals surface area contributed by atoms with E-state index in [1.165, 1.54) is 24.3 Å². The van der Waals surface area contributed by atoms with Crippen molar-refractivity contribution in [2.75, 3.05) is 0 Å². The van der Waals surface area contributed by atoms with E-state index in [4.69, 9.17) is 11.5 Å². The van der Waals surface area contributed by atoms with E-state index in [-0.39, 0.29) is 53.6 Å². The van der Waals surface area contributed by atoms with Gasteiger partial charge in [-0.15, -0.1) is 0 Å². The first-order valence-electron chi connectivity index (χ1n) is 6.45. The monoisotopic (exact) mass is 337 g/mol. The fraction of sp³-hybridized carbons (Fsp3) is 0.429. The number of halogens is 1. The minimum atomic E-state index is -0.957. The van der Waals surface area contributed by atoms with Crippen molar-refractivity contribution in [3.05, 3.63) is 29.8 Å².